The van der Waals surface area contributed by atoms with Gasteiger partial charge in [-0.15, -0.1) is 0 Å². The monoisotopic (exact) mass is 402 g/mol. The summed E-state index contributed by atoms with van der Waals surface area (Å²) in [6.07, 6.45) is 2.95. The summed E-state index contributed by atoms with van der Waals surface area (Å²) in [5.41, 5.74) is -0.487. The lowest BCUT2D eigenvalue weighted by molar-refractivity contribution is -0.135. The summed E-state index contributed by atoms with van der Waals surface area (Å²) in [7, 11) is 0. The molecule has 3 rings (SSSR count). The fourth-order valence-corrected chi connectivity index (χ4v) is 3.44. The molecule has 2 heterocycles. The summed E-state index contributed by atoms with van der Waals surface area (Å²) < 4.78 is 0.750. The number of nitrogens with zero attached hydrogens (tertiary/aromatic N) is 2. The molecule has 2 aromatic rings. The number of Topliss-reactive ketones (excluding diaryl/α,β-unsaturated/α-hetero) is 1. The summed E-state index contributed by atoms with van der Waals surface area (Å²) in [6.45, 7) is 2.56. The van der Waals surface area contributed by atoms with Crippen molar-refractivity contribution in [2.75, 3.05) is 11.4 Å². The molecule has 0 saturated carbocycles. The Morgan fingerprint density at radius 2 is 2.12 bits per heavy atom. The second-order valence-electron chi connectivity index (χ2n) is 6.15. The zero-order chi connectivity index (χ0) is 18.0. The molecule has 0 radical (unpaired) electrons. The standard InChI is InChI=1S/C19H19BrN2O3/c1-2-3-10-22-16-8-7-13(20)11-14(16)19(25,18(22)24)12-17(23)15-6-4-5-9-21-15/h4-9,11,25H,2-3,10,12H2,1H3/t19-/m1/s1. The smallest absolute Gasteiger partial charge is 0.264 e. The van der Waals surface area contributed by atoms with Gasteiger partial charge in [-0.3, -0.25) is 14.6 Å². The molecule has 1 N–H and O–H groups in total. The predicted octanol–water partition coefficient (Wildman–Crippen LogP) is 3.45. The molecule has 1 aliphatic heterocycles. The highest BCUT2D eigenvalue weighted by Crippen LogP contribution is 2.44. The second kappa shape index (κ2) is 7.06. The van der Waals surface area contributed by atoms with Gasteiger partial charge in [0.25, 0.3) is 5.91 Å². The molecule has 1 aromatic carbocycles. The second-order valence-corrected chi connectivity index (χ2v) is 7.06. The first kappa shape index (κ1) is 17.8. The van der Waals surface area contributed by atoms with E-state index in [0.29, 0.717) is 17.8 Å². The first-order chi connectivity index (χ1) is 12.0. The van der Waals surface area contributed by atoms with E-state index in [1.54, 1.807) is 35.2 Å². The normalized spacial score (nSPS) is 19.2. The Kier molecular flexibility index (Phi) is 5.01. The number of ketones is 1. The maximum Gasteiger partial charge on any atom is 0.264 e. The number of benzene rings is 1. The van der Waals surface area contributed by atoms with E-state index in [1.807, 2.05) is 13.0 Å². The number of hydrogen-bond acceptors (Lipinski definition) is 4. The van der Waals surface area contributed by atoms with Crippen molar-refractivity contribution < 1.29 is 14.7 Å². The average Bonchev–Trinajstić information content (AvgIpc) is 2.81. The van der Waals surface area contributed by atoms with Crippen molar-refractivity contribution in [1.82, 2.24) is 4.98 Å². The zero-order valence-corrected chi connectivity index (χ0v) is 15.5. The van der Waals surface area contributed by atoms with Crippen molar-refractivity contribution in [2.24, 2.45) is 0 Å². The van der Waals surface area contributed by atoms with Crippen LogP contribution in [0.1, 0.15) is 42.2 Å². The van der Waals surface area contributed by atoms with E-state index in [2.05, 4.69) is 20.9 Å². The number of carbonyl (C=O) groups excluding carboxylic acids is 2. The number of aliphatic hydroxyl groups is 1. The summed E-state index contributed by atoms with van der Waals surface area (Å²) >= 11 is 3.38. The molecule has 0 bridgehead atoms. The number of amides is 1. The van der Waals surface area contributed by atoms with E-state index in [0.717, 1.165) is 17.3 Å². The molecule has 25 heavy (non-hydrogen) atoms. The van der Waals surface area contributed by atoms with Crippen LogP contribution in [-0.2, 0) is 10.4 Å². The summed E-state index contributed by atoms with van der Waals surface area (Å²) in [4.78, 5) is 31.1. The molecule has 0 spiro atoms. The lowest BCUT2D eigenvalue weighted by atomic mass is 9.89. The molecule has 1 amide bonds. The van der Waals surface area contributed by atoms with Gasteiger partial charge in [-0.1, -0.05) is 35.3 Å². The van der Waals surface area contributed by atoms with Crippen LogP contribution in [0, 0.1) is 0 Å². The summed E-state index contributed by atoms with van der Waals surface area (Å²) in [6, 6.07) is 10.4. The number of pyridine rings is 1. The Morgan fingerprint density at radius 1 is 1.32 bits per heavy atom. The minimum Gasteiger partial charge on any atom is -0.375 e. The number of fused-ring (bicyclic) bond motifs is 1. The Bertz CT molecular complexity index is 810. The van der Waals surface area contributed by atoms with Gasteiger partial charge < -0.3 is 10.0 Å². The number of rotatable bonds is 6. The van der Waals surface area contributed by atoms with Crippen molar-refractivity contribution in [3.05, 3.63) is 58.3 Å². The maximum absolute atomic E-state index is 13.0. The van der Waals surface area contributed by atoms with Crippen LogP contribution in [0.2, 0.25) is 0 Å². The molecule has 5 nitrogen and oxygen atoms in total. The summed E-state index contributed by atoms with van der Waals surface area (Å²) in [5, 5.41) is 11.2. The van der Waals surface area contributed by atoms with Crippen LogP contribution in [0.25, 0.3) is 0 Å². The maximum atomic E-state index is 13.0. The number of anilines is 1. The quantitative estimate of drug-likeness (QED) is 0.751. The largest absolute Gasteiger partial charge is 0.375 e. The van der Waals surface area contributed by atoms with Gasteiger partial charge in [0.1, 0.15) is 5.69 Å². The first-order valence-electron chi connectivity index (χ1n) is 8.26. The highest BCUT2D eigenvalue weighted by Gasteiger charge is 2.50. The number of unbranched alkanes of at least 4 members (excludes halogenated alkanes) is 1. The van der Waals surface area contributed by atoms with E-state index in [-0.39, 0.29) is 17.9 Å². The van der Waals surface area contributed by atoms with Crippen molar-refractivity contribution >= 4 is 33.3 Å². The van der Waals surface area contributed by atoms with E-state index in [9.17, 15) is 14.7 Å². The summed E-state index contributed by atoms with van der Waals surface area (Å²) in [5.74, 6) is -0.807. The van der Waals surface area contributed by atoms with Gasteiger partial charge in [-0.05, 0) is 36.8 Å². The minimum absolute atomic E-state index is 0.243. The van der Waals surface area contributed by atoms with Gasteiger partial charge in [-0.2, -0.15) is 0 Å². The SMILES string of the molecule is CCCCN1C(=O)[C@@](O)(CC(=O)c2ccccn2)c2cc(Br)ccc21. The number of aromatic nitrogens is 1. The Balaban J connectivity index is 1.98. The van der Waals surface area contributed by atoms with Crippen LogP contribution in [0.4, 0.5) is 5.69 Å². The van der Waals surface area contributed by atoms with E-state index >= 15 is 0 Å². The third-order valence-electron chi connectivity index (χ3n) is 4.40. The van der Waals surface area contributed by atoms with Gasteiger partial charge in [0.05, 0.1) is 12.1 Å². The third kappa shape index (κ3) is 3.24. The van der Waals surface area contributed by atoms with Crippen molar-refractivity contribution in [3.63, 3.8) is 0 Å². The van der Waals surface area contributed by atoms with Crippen LogP contribution in [0.3, 0.4) is 0 Å². The Hall–Kier alpha value is -2.05. The molecule has 0 fully saturated rings. The molecular weight excluding hydrogens is 384 g/mol. The fraction of sp³-hybridized carbons (Fsp3) is 0.316. The Morgan fingerprint density at radius 3 is 2.80 bits per heavy atom. The van der Waals surface area contributed by atoms with Gasteiger partial charge >= 0.3 is 0 Å². The van der Waals surface area contributed by atoms with Crippen LogP contribution < -0.4 is 4.90 Å². The van der Waals surface area contributed by atoms with E-state index in [1.165, 1.54) is 6.20 Å². The van der Waals surface area contributed by atoms with Crippen molar-refractivity contribution in [3.8, 4) is 0 Å². The third-order valence-corrected chi connectivity index (χ3v) is 4.89. The first-order valence-corrected chi connectivity index (χ1v) is 9.05. The van der Waals surface area contributed by atoms with Crippen molar-refractivity contribution in [1.29, 1.82) is 0 Å². The van der Waals surface area contributed by atoms with Gasteiger partial charge in [0.2, 0.25) is 0 Å². The molecule has 0 unspecified atom stereocenters. The fourth-order valence-electron chi connectivity index (χ4n) is 3.08. The zero-order valence-electron chi connectivity index (χ0n) is 13.9. The van der Waals surface area contributed by atoms with Crippen molar-refractivity contribution in [2.45, 2.75) is 31.8 Å². The minimum atomic E-state index is -1.86. The molecule has 0 saturated heterocycles. The number of hydrogen-bond donors (Lipinski definition) is 1. The highest BCUT2D eigenvalue weighted by molar-refractivity contribution is 9.10. The van der Waals surface area contributed by atoms with Gasteiger partial charge in [-0.25, -0.2) is 0 Å². The Labute approximate surface area is 154 Å². The van der Waals surface area contributed by atoms with Gasteiger partial charge in [0.15, 0.2) is 11.4 Å². The number of halogens is 1. The molecule has 130 valence electrons. The average molecular weight is 403 g/mol. The predicted molar refractivity (Wildman–Crippen MR) is 98.5 cm³/mol. The molecular formula is C19H19BrN2O3. The van der Waals surface area contributed by atoms with Gasteiger partial charge in [0, 0.05) is 22.8 Å². The van der Waals surface area contributed by atoms with Crippen LogP contribution in [-0.4, -0.2) is 28.3 Å². The van der Waals surface area contributed by atoms with E-state index < -0.39 is 11.5 Å². The lowest BCUT2D eigenvalue weighted by Crippen LogP contribution is -2.42. The van der Waals surface area contributed by atoms with Crippen LogP contribution >= 0.6 is 15.9 Å². The number of carbonyl (C=O) groups is 2. The topological polar surface area (TPSA) is 70.5 Å². The molecule has 0 aliphatic carbocycles. The van der Waals surface area contributed by atoms with Crippen LogP contribution in [0.15, 0.2) is 47.1 Å². The van der Waals surface area contributed by atoms with E-state index in [4.69, 9.17) is 0 Å². The lowest BCUT2D eigenvalue weighted by Gasteiger charge is -2.22. The highest BCUT2D eigenvalue weighted by atomic mass is 79.9. The molecule has 1 aliphatic rings. The van der Waals surface area contributed by atoms with Crippen LogP contribution in [0.5, 0.6) is 0 Å². The molecule has 1 aromatic heterocycles. The molecule has 1 atom stereocenters. The molecule has 6 heteroatoms.